The minimum Gasteiger partial charge on any atom is -0.422 e. The molecule has 1 heterocycles. The first-order valence-electron chi connectivity index (χ1n) is 4.62. The van der Waals surface area contributed by atoms with Gasteiger partial charge in [-0.3, -0.25) is 14.4 Å². The second-order valence-electron chi connectivity index (χ2n) is 3.19. The van der Waals surface area contributed by atoms with Crippen molar-refractivity contribution < 1.29 is 24.0 Å². The van der Waals surface area contributed by atoms with Gasteiger partial charge in [0.2, 0.25) is 0 Å². The van der Waals surface area contributed by atoms with Crippen molar-refractivity contribution in [3.8, 4) is 0 Å². The van der Waals surface area contributed by atoms with Gasteiger partial charge in [0.1, 0.15) is 0 Å². The number of hydroxylamine groups is 2. The second-order valence-corrected chi connectivity index (χ2v) is 3.19. The zero-order chi connectivity index (χ0) is 12.1. The van der Waals surface area contributed by atoms with Crippen molar-refractivity contribution in [1.29, 1.82) is 0 Å². The first kappa shape index (κ1) is 12.0. The summed E-state index contributed by atoms with van der Waals surface area (Å²) in [6, 6.07) is 0. The van der Waals surface area contributed by atoms with Gasteiger partial charge in [0.05, 0.1) is 0 Å². The third-order valence-corrected chi connectivity index (χ3v) is 1.82. The lowest BCUT2D eigenvalue weighted by atomic mass is 10.4. The van der Waals surface area contributed by atoms with Crippen LogP contribution in [0.15, 0.2) is 0 Å². The zero-order valence-electron chi connectivity index (χ0n) is 8.63. The molecule has 1 aliphatic rings. The first-order chi connectivity index (χ1) is 7.54. The maximum atomic E-state index is 11.1. The van der Waals surface area contributed by atoms with Crippen molar-refractivity contribution in [3.63, 3.8) is 0 Å². The van der Waals surface area contributed by atoms with E-state index >= 15 is 0 Å². The van der Waals surface area contributed by atoms with Crippen LogP contribution in [0.25, 0.3) is 4.85 Å². The number of ether oxygens (including phenoxy) is 1. The van der Waals surface area contributed by atoms with Gasteiger partial charge in [0, 0.05) is 12.8 Å². The molecule has 0 aliphatic carbocycles. The Bertz CT molecular complexity index is 343. The van der Waals surface area contributed by atoms with E-state index in [9.17, 15) is 14.4 Å². The summed E-state index contributed by atoms with van der Waals surface area (Å²) in [5, 5.41) is 0.396. The molecular weight excluding hydrogens is 216 g/mol. The summed E-state index contributed by atoms with van der Waals surface area (Å²) < 4.78 is 4.63. The third kappa shape index (κ3) is 2.95. The largest absolute Gasteiger partial charge is 0.534 e. The van der Waals surface area contributed by atoms with Crippen LogP contribution in [0.4, 0.5) is 4.79 Å². The Morgan fingerprint density at radius 1 is 1.50 bits per heavy atom. The average molecular weight is 226 g/mol. The molecule has 0 aromatic carbocycles. The van der Waals surface area contributed by atoms with Crippen LogP contribution in [0.1, 0.15) is 19.8 Å². The molecule has 0 N–H and O–H groups in total. The number of hydrogen-bond donors (Lipinski definition) is 0. The summed E-state index contributed by atoms with van der Waals surface area (Å²) >= 11 is 0. The van der Waals surface area contributed by atoms with Crippen LogP contribution in [0.3, 0.4) is 0 Å². The van der Waals surface area contributed by atoms with Gasteiger partial charge in [-0.05, 0) is 6.92 Å². The van der Waals surface area contributed by atoms with E-state index in [4.69, 9.17) is 6.57 Å². The highest BCUT2D eigenvalue weighted by atomic mass is 16.8. The molecule has 0 bridgehead atoms. The summed E-state index contributed by atoms with van der Waals surface area (Å²) in [7, 11) is 0. The van der Waals surface area contributed by atoms with Gasteiger partial charge in [-0.1, -0.05) is 5.06 Å². The molecule has 1 fully saturated rings. The van der Waals surface area contributed by atoms with E-state index in [2.05, 4.69) is 14.4 Å². The van der Waals surface area contributed by atoms with Crippen molar-refractivity contribution in [3.05, 3.63) is 11.4 Å². The third-order valence-electron chi connectivity index (χ3n) is 1.82. The van der Waals surface area contributed by atoms with Crippen molar-refractivity contribution >= 4 is 18.0 Å². The second kappa shape index (κ2) is 5.11. The van der Waals surface area contributed by atoms with Gasteiger partial charge < -0.3 is 9.58 Å². The van der Waals surface area contributed by atoms with E-state index in [0.717, 1.165) is 0 Å². The fourth-order valence-electron chi connectivity index (χ4n) is 1.08. The van der Waals surface area contributed by atoms with Crippen LogP contribution in [-0.2, 0) is 19.2 Å². The molecule has 0 saturated carbocycles. The predicted molar refractivity (Wildman–Crippen MR) is 49.6 cm³/mol. The first-order valence-corrected chi connectivity index (χ1v) is 4.62. The maximum absolute atomic E-state index is 11.1. The molecule has 0 spiro atoms. The monoisotopic (exact) mass is 226 g/mol. The van der Waals surface area contributed by atoms with Gasteiger partial charge in [0.25, 0.3) is 18.4 Å². The molecule has 0 radical (unpaired) electrons. The molecule has 1 unspecified atom stereocenters. The highest BCUT2D eigenvalue weighted by molar-refractivity contribution is 6.01. The standard InChI is InChI=1S/C9H10N2O5/c1-6(5-10-2)15-9(14)16-11-7(12)3-4-8(11)13/h6H,3-5H2,1H3. The molecule has 86 valence electrons. The molecule has 1 aliphatic heterocycles. The van der Waals surface area contributed by atoms with E-state index in [1.165, 1.54) is 6.92 Å². The van der Waals surface area contributed by atoms with Crippen LogP contribution < -0.4 is 0 Å². The van der Waals surface area contributed by atoms with E-state index in [-0.39, 0.29) is 19.4 Å². The topological polar surface area (TPSA) is 77.3 Å². The van der Waals surface area contributed by atoms with Crippen molar-refractivity contribution in [2.24, 2.45) is 0 Å². The van der Waals surface area contributed by atoms with Crippen LogP contribution in [0.2, 0.25) is 0 Å². The maximum Gasteiger partial charge on any atom is 0.534 e. The fourth-order valence-corrected chi connectivity index (χ4v) is 1.08. The molecule has 7 nitrogen and oxygen atoms in total. The van der Waals surface area contributed by atoms with E-state index in [1.807, 2.05) is 0 Å². The SMILES string of the molecule is [C-]#[N+]CC(C)OC(=O)ON1C(=O)CCC1=O. The number of hydrogen-bond acceptors (Lipinski definition) is 5. The normalized spacial score (nSPS) is 16.9. The lowest BCUT2D eigenvalue weighted by molar-refractivity contribution is -0.178. The Kier molecular flexibility index (Phi) is 3.83. The number of imide groups is 1. The molecule has 2 amide bonds. The Morgan fingerprint density at radius 2 is 2.06 bits per heavy atom. The van der Waals surface area contributed by atoms with Crippen LogP contribution >= 0.6 is 0 Å². The molecular formula is C9H10N2O5. The molecule has 0 aromatic rings. The van der Waals surface area contributed by atoms with Crippen LogP contribution in [-0.4, -0.2) is 35.7 Å². The Labute approximate surface area is 91.7 Å². The molecule has 1 rings (SSSR count). The Morgan fingerprint density at radius 3 is 2.56 bits per heavy atom. The number of rotatable bonds is 3. The quantitative estimate of drug-likeness (QED) is 0.398. The molecule has 1 saturated heterocycles. The Balaban J connectivity index is 2.43. The fraction of sp³-hybridized carbons (Fsp3) is 0.556. The lowest BCUT2D eigenvalue weighted by Gasteiger charge is -2.13. The van der Waals surface area contributed by atoms with Gasteiger partial charge in [-0.2, -0.15) is 0 Å². The Hall–Kier alpha value is -2.10. The van der Waals surface area contributed by atoms with Crippen LogP contribution in [0, 0.1) is 6.57 Å². The zero-order valence-corrected chi connectivity index (χ0v) is 8.63. The lowest BCUT2D eigenvalue weighted by Crippen LogP contribution is -2.33. The number of carbonyl (C=O) groups excluding carboxylic acids is 3. The summed E-state index contributed by atoms with van der Waals surface area (Å²) in [4.78, 5) is 40.6. The van der Waals surface area contributed by atoms with Crippen molar-refractivity contribution in [2.45, 2.75) is 25.9 Å². The van der Waals surface area contributed by atoms with E-state index in [0.29, 0.717) is 5.06 Å². The van der Waals surface area contributed by atoms with E-state index in [1.54, 1.807) is 0 Å². The average Bonchev–Trinajstić information content (AvgIpc) is 2.49. The molecule has 1 atom stereocenters. The van der Waals surface area contributed by atoms with Gasteiger partial charge >= 0.3 is 6.16 Å². The summed E-state index contributed by atoms with van der Waals surface area (Å²) in [6.07, 6.45) is -1.73. The van der Waals surface area contributed by atoms with Crippen molar-refractivity contribution in [1.82, 2.24) is 5.06 Å². The van der Waals surface area contributed by atoms with Gasteiger partial charge in [-0.15, -0.1) is 0 Å². The molecule has 0 aromatic heterocycles. The highest BCUT2D eigenvalue weighted by Crippen LogP contribution is 2.12. The number of nitrogens with zero attached hydrogens (tertiary/aromatic N) is 2. The summed E-state index contributed by atoms with van der Waals surface area (Å²) in [6.45, 7) is 8.04. The van der Waals surface area contributed by atoms with E-state index < -0.39 is 24.1 Å². The number of carbonyl (C=O) groups is 3. The van der Waals surface area contributed by atoms with Gasteiger partial charge in [0.15, 0.2) is 6.10 Å². The minimum atomic E-state index is -1.15. The summed E-state index contributed by atoms with van der Waals surface area (Å²) in [5.74, 6) is -1.14. The van der Waals surface area contributed by atoms with Gasteiger partial charge in [-0.25, -0.2) is 11.4 Å². The summed E-state index contributed by atoms with van der Waals surface area (Å²) in [5.41, 5.74) is 0. The minimum absolute atomic E-state index is 0.00298. The molecule has 7 heteroatoms. The van der Waals surface area contributed by atoms with Crippen molar-refractivity contribution in [2.75, 3.05) is 6.54 Å². The number of amides is 2. The predicted octanol–water partition coefficient (Wildman–Crippen LogP) is 0.511. The smallest absolute Gasteiger partial charge is 0.422 e. The highest BCUT2D eigenvalue weighted by Gasteiger charge is 2.33. The van der Waals surface area contributed by atoms with Crippen LogP contribution in [0.5, 0.6) is 0 Å². The molecule has 16 heavy (non-hydrogen) atoms.